The Morgan fingerprint density at radius 2 is 2.21 bits per heavy atom. The molecule has 24 heavy (non-hydrogen) atoms. The van der Waals surface area contributed by atoms with Gasteiger partial charge in [0.1, 0.15) is 6.54 Å². The maximum Gasteiger partial charge on any atom is 0.317 e. The molecule has 1 fully saturated rings. The zero-order valence-corrected chi connectivity index (χ0v) is 15.4. The Labute approximate surface area is 144 Å². The second kappa shape index (κ2) is 9.01. The summed E-state index contributed by atoms with van der Waals surface area (Å²) < 4.78 is 5.30. The average molecular weight is 337 g/mol. The van der Waals surface area contributed by atoms with Gasteiger partial charge in [0.25, 0.3) is 0 Å². The van der Waals surface area contributed by atoms with Gasteiger partial charge in [-0.1, -0.05) is 20.3 Å². The second-order valence-electron chi connectivity index (χ2n) is 7.13. The third kappa shape index (κ3) is 5.78. The molecule has 0 radical (unpaired) electrons. The Bertz CT molecular complexity index is 517. The van der Waals surface area contributed by atoms with Crippen molar-refractivity contribution in [3.05, 3.63) is 11.8 Å². The molecule has 2 amide bonds. The number of hydrogen-bond donors (Lipinski definition) is 1. The van der Waals surface area contributed by atoms with Gasteiger partial charge in [0.15, 0.2) is 0 Å². The van der Waals surface area contributed by atoms with E-state index in [-0.39, 0.29) is 6.03 Å². The Balaban J connectivity index is 1.72. The van der Waals surface area contributed by atoms with Crippen molar-refractivity contribution in [3.63, 3.8) is 0 Å². The largest absolute Gasteiger partial charge is 0.424 e. The van der Waals surface area contributed by atoms with E-state index >= 15 is 0 Å². The smallest absolute Gasteiger partial charge is 0.317 e. The number of aryl methyl sites for hydroxylation is 1. The van der Waals surface area contributed by atoms with Gasteiger partial charge in [-0.25, -0.2) is 4.79 Å². The molecule has 2 heterocycles. The Kier molecular flexibility index (Phi) is 7.02. The lowest BCUT2D eigenvalue weighted by molar-refractivity contribution is 0.124. The second-order valence-corrected chi connectivity index (χ2v) is 7.13. The van der Waals surface area contributed by atoms with Gasteiger partial charge in [-0.3, -0.25) is 0 Å². The molecule has 0 bridgehead atoms. The molecule has 1 aliphatic heterocycles. The zero-order valence-electron chi connectivity index (χ0n) is 15.4. The normalized spacial score (nSPS) is 18.8. The molecule has 7 heteroatoms. The highest BCUT2D eigenvalue weighted by molar-refractivity contribution is 5.73. The summed E-state index contributed by atoms with van der Waals surface area (Å²) in [6.45, 7) is 9.63. The van der Waals surface area contributed by atoms with Crippen molar-refractivity contribution < 1.29 is 9.21 Å². The lowest BCUT2D eigenvalue weighted by atomic mass is 9.98. The highest BCUT2D eigenvalue weighted by Crippen LogP contribution is 2.20. The minimum Gasteiger partial charge on any atom is -0.424 e. The molecular weight excluding hydrogens is 306 g/mol. The Morgan fingerprint density at radius 1 is 1.42 bits per heavy atom. The van der Waals surface area contributed by atoms with Crippen molar-refractivity contribution >= 4 is 6.03 Å². The van der Waals surface area contributed by atoms with Crippen molar-refractivity contribution in [2.24, 2.45) is 5.92 Å². The number of rotatable bonds is 7. The predicted molar refractivity (Wildman–Crippen MR) is 92.6 cm³/mol. The first-order chi connectivity index (χ1) is 11.5. The molecule has 0 saturated carbocycles. The van der Waals surface area contributed by atoms with E-state index in [0.29, 0.717) is 36.8 Å². The average Bonchev–Trinajstić information content (AvgIpc) is 2.93. The first kappa shape index (κ1) is 18.7. The van der Waals surface area contributed by atoms with Crippen LogP contribution in [0.3, 0.4) is 0 Å². The Hall–Kier alpha value is -1.63. The molecule has 0 spiro atoms. The molecule has 136 valence electrons. The van der Waals surface area contributed by atoms with Crippen LogP contribution in [0.1, 0.15) is 51.3 Å². The third-order valence-corrected chi connectivity index (χ3v) is 4.39. The van der Waals surface area contributed by atoms with Crippen LogP contribution in [-0.4, -0.2) is 58.8 Å². The van der Waals surface area contributed by atoms with Crippen LogP contribution in [0.25, 0.3) is 0 Å². The number of amides is 2. The highest BCUT2D eigenvalue weighted by Gasteiger charge is 2.23. The van der Waals surface area contributed by atoms with E-state index in [1.165, 1.54) is 25.8 Å². The summed E-state index contributed by atoms with van der Waals surface area (Å²) in [5.41, 5.74) is 0. The molecule has 2 rings (SSSR count). The zero-order chi connectivity index (χ0) is 17.5. The SMILES string of the molecule is Cc1nnc(CN(C)C(=O)NCCC2CCCCN2CC(C)C)o1. The van der Waals surface area contributed by atoms with Crippen LogP contribution in [-0.2, 0) is 6.54 Å². The number of nitrogens with one attached hydrogen (secondary N) is 1. The fourth-order valence-corrected chi connectivity index (χ4v) is 3.25. The van der Waals surface area contributed by atoms with Crippen LogP contribution in [0.2, 0.25) is 0 Å². The van der Waals surface area contributed by atoms with Crippen LogP contribution in [0.5, 0.6) is 0 Å². The Morgan fingerprint density at radius 3 is 2.88 bits per heavy atom. The third-order valence-electron chi connectivity index (χ3n) is 4.39. The number of piperidine rings is 1. The quantitative estimate of drug-likeness (QED) is 0.827. The van der Waals surface area contributed by atoms with E-state index < -0.39 is 0 Å². The number of carbonyl (C=O) groups is 1. The maximum atomic E-state index is 12.2. The van der Waals surface area contributed by atoms with Gasteiger partial charge in [0.05, 0.1) is 0 Å². The van der Waals surface area contributed by atoms with Gasteiger partial charge in [-0.05, 0) is 31.7 Å². The predicted octanol–water partition coefficient (Wildman–Crippen LogP) is 2.42. The van der Waals surface area contributed by atoms with Crippen molar-refractivity contribution in [1.82, 2.24) is 25.3 Å². The van der Waals surface area contributed by atoms with E-state index in [4.69, 9.17) is 4.42 Å². The number of aromatic nitrogens is 2. The summed E-state index contributed by atoms with van der Waals surface area (Å²) in [5.74, 6) is 1.66. The first-order valence-corrected chi connectivity index (χ1v) is 8.97. The topological polar surface area (TPSA) is 74.5 Å². The summed E-state index contributed by atoms with van der Waals surface area (Å²) in [5, 5.41) is 10.7. The van der Waals surface area contributed by atoms with Gasteiger partial charge < -0.3 is 19.5 Å². The van der Waals surface area contributed by atoms with Gasteiger partial charge in [-0.2, -0.15) is 0 Å². The summed E-state index contributed by atoms with van der Waals surface area (Å²) in [6, 6.07) is 0.488. The summed E-state index contributed by atoms with van der Waals surface area (Å²) in [7, 11) is 1.74. The summed E-state index contributed by atoms with van der Waals surface area (Å²) in [6.07, 6.45) is 4.83. The van der Waals surface area contributed by atoms with Crippen LogP contribution in [0.4, 0.5) is 4.79 Å². The molecule has 1 N–H and O–H groups in total. The van der Waals surface area contributed by atoms with Crippen LogP contribution < -0.4 is 5.32 Å². The molecule has 1 atom stereocenters. The number of likely N-dealkylation sites (tertiary alicyclic amines) is 1. The van der Waals surface area contributed by atoms with Crippen molar-refractivity contribution in [2.75, 3.05) is 26.7 Å². The molecule has 1 saturated heterocycles. The van der Waals surface area contributed by atoms with Crippen LogP contribution >= 0.6 is 0 Å². The molecule has 1 aromatic rings. The van der Waals surface area contributed by atoms with Crippen molar-refractivity contribution in [1.29, 1.82) is 0 Å². The molecular formula is C17H31N5O2. The maximum absolute atomic E-state index is 12.2. The molecule has 1 unspecified atom stereocenters. The van der Waals surface area contributed by atoms with Gasteiger partial charge in [-0.15, -0.1) is 10.2 Å². The fourth-order valence-electron chi connectivity index (χ4n) is 3.25. The monoisotopic (exact) mass is 337 g/mol. The summed E-state index contributed by atoms with van der Waals surface area (Å²) >= 11 is 0. The number of hydrogen-bond acceptors (Lipinski definition) is 5. The van der Waals surface area contributed by atoms with Crippen LogP contribution in [0.15, 0.2) is 4.42 Å². The van der Waals surface area contributed by atoms with E-state index in [1.54, 1.807) is 18.9 Å². The number of carbonyl (C=O) groups excluding carboxylic acids is 1. The molecule has 7 nitrogen and oxygen atoms in total. The minimum atomic E-state index is -0.0999. The van der Waals surface area contributed by atoms with Gasteiger partial charge in [0, 0.05) is 33.1 Å². The minimum absolute atomic E-state index is 0.0999. The standard InChI is InChI=1S/C17H31N5O2/c1-13(2)11-22-10-6-5-7-15(22)8-9-18-17(23)21(4)12-16-20-19-14(3)24-16/h13,15H,5-12H2,1-4H3,(H,18,23). The molecule has 0 aromatic carbocycles. The van der Waals surface area contributed by atoms with Crippen molar-refractivity contribution in [3.8, 4) is 0 Å². The van der Waals surface area contributed by atoms with E-state index in [1.807, 2.05) is 0 Å². The van der Waals surface area contributed by atoms with Gasteiger partial charge >= 0.3 is 6.03 Å². The van der Waals surface area contributed by atoms with Crippen molar-refractivity contribution in [2.45, 2.75) is 59.0 Å². The fraction of sp³-hybridized carbons (Fsp3) is 0.824. The lowest BCUT2D eigenvalue weighted by Gasteiger charge is -2.37. The summed E-state index contributed by atoms with van der Waals surface area (Å²) in [4.78, 5) is 16.3. The number of urea groups is 1. The lowest BCUT2D eigenvalue weighted by Crippen LogP contribution is -2.44. The van der Waals surface area contributed by atoms with Crippen LogP contribution in [0, 0.1) is 12.8 Å². The first-order valence-electron chi connectivity index (χ1n) is 8.97. The van der Waals surface area contributed by atoms with E-state index in [0.717, 1.165) is 13.0 Å². The molecule has 1 aromatic heterocycles. The van der Waals surface area contributed by atoms with E-state index in [2.05, 4.69) is 34.3 Å². The van der Waals surface area contributed by atoms with Gasteiger partial charge in [0.2, 0.25) is 11.8 Å². The molecule has 0 aliphatic carbocycles. The number of nitrogens with zero attached hydrogens (tertiary/aromatic N) is 4. The van der Waals surface area contributed by atoms with E-state index in [9.17, 15) is 4.79 Å². The highest BCUT2D eigenvalue weighted by atomic mass is 16.4. The molecule has 1 aliphatic rings.